The van der Waals surface area contributed by atoms with Crippen LogP contribution in [-0.4, -0.2) is 37.2 Å². The van der Waals surface area contributed by atoms with Gasteiger partial charge in [-0.2, -0.15) is 0 Å². The summed E-state index contributed by atoms with van der Waals surface area (Å²) in [6.07, 6.45) is 92.0. The molecule has 0 spiro atoms. The number of allylic oxidation sites excluding steroid dienone is 20. The molecule has 1 unspecified atom stereocenters. The Hall–Kier alpha value is -4.19. The number of unbranched alkanes of at least 4 members (excludes halogenated alkanes) is 28. The Bertz CT molecular complexity index is 1640. The lowest BCUT2D eigenvalue weighted by Gasteiger charge is -2.18. The number of hydrogen-bond acceptors (Lipinski definition) is 6. The fraction of sp³-hybridized carbons (Fsp3) is 0.685. The van der Waals surface area contributed by atoms with Gasteiger partial charge in [0.05, 0.1) is 0 Å². The van der Waals surface area contributed by atoms with Crippen molar-refractivity contribution in [1.29, 1.82) is 0 Å². The molecule has 0 amide bonds. The predicted octanol–water partition coefficient (Wildman–Crippen LogP) is 22.8. The van der Waals surface area contributed by atoms with Gasteiger partial charge in [0.1, 0.15) is 13.2 Å². The van der Waals surface area contributed by atoms with Crippen LogP contribution in [0, 0.1) is 0 Å². The summed E-state index contributed by atoms with van der Waals surface area (Å²) in [5.74, 6) is -0.923. The summed E-state index contributed by atoms with van der Waals surface area (Å²) < 4.78 is 16.9. The first-order chi connectivity index (χ1) is 39.0. The lowest BCUT2D eigenvalue weighted by Crippen LogP contribution is -2.30. The second-order valence-corrected chi connectivity index (χ2v) is 21.6. The highest BCUT2D eigenvalue weighted by Crippen LogP contribution is 2.16. The maximum atomic E-state index is 12.9. The highest BCUT2D eigenvalue weighted by Gasteiger charge is 2.19. The lowest BCUT2D eigenvalue weighted by atomic mass is 10.1. The SMILES string of the molecule is CC/C=C\C/C=C\C/C=C\C/C=C\C/C=C\CCCCCCCCCC(=O)OCC(COC(=O)CCCCCC/C=C\C/C=C\C/C=C\C/C=C\CC)OC(=O)CCCCCCCCCCC/C=C\CCCCCCCCCC. The summed E-state index contributed by atoms with van der Waals surface area (Å²) in [6, 6.07) is 0. The Labute approximate surface area is 488 Å². The summed E-state index contributed by atoms with van der Waals surface area (Å²) >= 11 is 0. The summed E-state index contributed by atoms with van der Waals surface area (Å²) in [5.41, 5.74) is 0. The second kappa shape index (κ2) is 66.3. The Morgan fingerprint density at radius 2 is 0.494 bits per heavy atom. The first kappa shape index (κ1) is 74.8. The van der Waals surface area contributed by atoms with Gasteiger partial charge in [0.25, 0.3) is 0 Å². The summed E-state index contributed by atoms with van der Waals surface area (Å²) in [7, 11) is 0. The van der Waals surface area contributed by atoms with Gasteiger partial charge in [-0.05, 0) is 128 Å². The monoisotopic (exact) mass is 1090 g/mol. The van der Waals surface area contributed by atoms with Crippen molar-refractivity contribution in [2.75, 3.05) is 13.2 Å². The van der Waals surface area contributed by atoms with E-state index < -0.39 is 6.10 Å². The number of carbonyl (C=O) groups is 3. The van der Waals surface area contributed by atoms with Crippen LogP contribution in [0.25, 0.3) is 0 Å². The molecule has 0 aromatic rings. The molecule has 6 heteroatoms. The molecule has 79 heavy (non-hydrogen) atoms. The molecule has 0 aliphatic carbocycles. The number of rotatable bonds is 59. The Balaban J connectivity index is 4.44. The minimum absolute atomic E-state index is 0.0946. The number of hydrogen-bond donors (Lipinski definition) is 0. The van der Waals surface area contributed by atoms with Crippen molar-refractivity contribution in [3.63, 3.8) is 0 Å². The highest BCUT2D eigenvalue weighted by atomic mass is 16.6. The van der Waals surface area contributed by atoms with E-state index in [1.807, 2.05) is 0 Å². The van der Waals surface area contributed by atoms with E-state index in [-0.39, 0.29) is 31.1 Å². The zero-order valence-corrected chi connectivity index (χ0v) is 51.6. The van der Waals surface area contributed by atoms with Crippen molar-refractivity contribution in [3.8, 4) is 0 Å². The maximum Gasteiger partial charge on any atom is 0.306 e. The van der Waals surface area contributed by atoms with Crippen LogP contribution in [0.2, 0.25) is 0 Å². The van der Waals surface area contributed by atoms with Gasteiger partial charge in [-0.1, -0.05) is 277 Å². The van der Waals surface area contributed by atoms with Gasteiger partial charge >= 0.3 is 17.9 Å². The van der Waals surface area contributed by atoms with Crippen LogP contribution in [0.15, 0.2) is 122 Å². The molecule has 0 aromatic heterocycles. The second-order valence-electron chi connectivity index (χ2n) is 21.6. The van der Waals surface area contributed by atoms with Crippen molar-refractivity contribution >= 4 is 17.9 Å². The van der Waals surface area contributed by atoms with Crippen LogP contribution >= 0.6 is 0 Å². The molecule has 6 nitrogen and oxygen atoms in total. The minimum atomic E-state index is -0.800. The van der Waals surface area contributed by atoms with E-state index in [1.54, 1.807) is 0 Å². The molecule has 0 rings (SSSR count). The quantitative estimate of drug-likeness (QED) is 0.0261. The molecule has 0 bridgehead atoms. The molecule has 1 atom stereocenters. The number of esters is 3. The van der Waals surface area contributed by atoms with E-state index in [4.69, 9.17) is 14.2 Å². The first-order valence-electron chi connectivity index (χ1n) is 33.0. The summed E-state index contributed by atoms with van der Waals surface area (Å²) in [4.78, 5) is 38.4. The molecular formula is C73H122O6. The summed E-state index contributed by atoms with van der Waals surface area (Å²) in [5, 5.41) is 0. The number of carbonyl (C=O) groups excluding carboxylic acids is 3. The van der Waals surface area contributed by atoms with Gasteiger partial charge in [0.15, 0.2) is 6.10 Å². The van der Waals surface area contributed by atoms with Crippen molar-refractivity contribution in [2.45, 2.75) is 309 Å². The van der Waals surface area contributed by atoms with Crippen molar-refractivity contribution < 1.29 is 28.6 Å². The Kier molecular flexibility index (Phi) is 62.8. The fourth-order valence-corrected chi connectivity index (χ4v) is 9.04. The largest absolute Gasteiger partial charge is 0.462 e. The molecular weight excluding hydrogens is 973 g/mol. The van der Waals surface area contributed by atoms with Gasteiger partial charge < -0.3 is 14.2 Å². The van der Waals surface area contributed by atoms with Crippen LogP contribution in [0.5, 0.6) is 0 Å². The van der Waals surface area contributed by atoms with Gasteiger partial charge in [-0.25, -0.2) is 0 Å². The zero-order chi connectivity index (χ0) is 57.1. The van der Waals surface area contributed by atoms with E-state index in [1.165, 1.54) is 128 Å². The molecule has 0 aliphatic heterocycles. The van der Waals surface area contributed by atoms with Gasteiger partial charge in [-0.3, -0.25) is 14.4 Å². The predicted molar refractivity (Wildman–Crippen MR) is 343 cm³/mol. The first-order valence-corrected chi connectivity index (χ1v) is 33.0. The van der Waals surface area contributed by atoms with E-state index >= 15 is 0 Å². The van der Waals surface area contributed by atoms with Crippen LogP contribution in [0.1, 0.15) is 303 Å². The van der Waals surface area contributed by atoms with E-state index in [9.17, 15) is 14.4 Å². The third kappa shape index (κ3) is 64.5. The standard InChI is InChI=1S/C73H122O6/c1-4-7-10-13-16-19-22-25-28-31-33-35-36-38-39-42-45-48-51-54-57-60-63-66-72(75)78-69-70(68-77-71(74)65-62-59-56-53-50-47-44-41-30-27-24-21-18-15-12-9-6-3)79-73(76)67-64-61-58-55-52-49-46-43-40-37-34-32-29-26-23-20-17-14-11-8-5-2/h7,9-10,12,16,18-19,21,25,27-28,30,32-35,38-39,44,47,70H,4-6,8,11,13-15,17,20,22-24,26,29,31,36-37,40-43,45-46,48-69H2,1-3H3/b10-7-,12-9-,19-16-,21-18-,28-25-,30-27-,34-32-,35-33-,39-38-,47-44-. The molecule has 0 saturated heterocycles. The third-order valence-corrected chi connectivity index (χ3v) is 13.9. The maximum absolute atomic E-state index is 12.9. The van der Waals surface area contributed by atoms with Crippen molar-refractivity contribution in [3.05, 3.63) is 122 Å². The van der Waals surface area contributed by atoms with Gasteiger partial charge in [-0.15, -0.1) is 0 Å². The smallest absolute Gasteiger partial charge is 0.306 e. The normalized spacial score (nSPS) is 12.9. The van der Waals surface area contributed by atoms with E-state index in [2.05, 4.69) is 142 Å². The van der Waals surface area contributed by atoms with Gasteiger partial charge in [0.2, 0.25) is 0 Å². The lowest BCUT2D eigenvalue weighted by molar-refractivity contribution is -0.167. The average Bonchev–Trinajstić information content (AvgIpc) is 3.45. The molecule has 0 radical (unpaired) electrons. The highest BCUT2D eigenvalue weighted by molar-refractivity contribution is 5.71. The van der Waals surface area contributed by atoms with E-state index in [0.29, 0.717) is 19.3 Å². The van der Waals surface area contributed by atoms with Gasteiger partial charge in [0, 0.05) is 19.3 Å². The van der Waals surface area contributed by atoms with Crippen LogP contribution in [-0.2, 0) is 28.6 Å². The molecule has 0 N–H and O–H groups in total. The van der Waals surface area contributed by atoms with Crippen LogP contribution in [0.4, 0.5) is 0 Å². The van der Waals surface area contributed by atoms with E-state index in [0.717, 1.165) is 135 Å². The number of ether oxygens (including phenoxy) is 3. The average molecular weight is 1100 g/mol. The van der Waals surface area contributed by atoms with Crippen LogP contribution in [0.3, 0.4) is 0 Å². The fourth-order valence-electron chi connectivity index (χ4n) is 9.04. The summed E-state index contributed by atoms with van der Waals surface area (Å²) in [6.45, 7) is 6.40. The molecule has 0 fully saturated rings. The Morgan fingerprint density at radius 3 is 0.785 bits per heavy atom. The topological polar surface area (TPSA) is 78.9 Å². The third-order valence-electron chi connectivity index (χ3n) is 13.9. The van der Waals surface area contributed by atoms with Crippen molar-refractivity contribution in [1.82, 2.24) is 0 Å². The molecule has 450 valence electrons. The minimum Gasteiger partial charge on any atom is -0.462 e. The van der Waals surface area contributed by atoms with Crippen LogP contribution < -0.4 is 0 Å². The Morgan fingerprint density at radius 1 is 0.266 bits per heavy atom. The molecule has 0 saturated carbocycles. The van der Waals surface area contributed by atoms with Crippen molar-refractivity contribution in [2.24, 2.45) is 0 Å². The molecule has 0 heterocycles. The zero-order valence-electron chi connectivity index (χ0n) is 51.6. The molecule has 0 aromatic carbocycles. The molecule has 0 aliphatic rings.